The molecule has 7 heteroatoms. The molecule has 0 saturated carbocycles. The Balaban J connectivity index is 0. The van der Waals surface area contributed by atoms with Crippen LogP contribution >= 0.6 is 24.0 Å². The average molecular weight is 210 g/mol. The Morgan fingerprint density at radius 1 is 1.58 bits per heavy atom. The molecule has 0 saturated heterocycles. The molecule has 2 amide bonds. The minimum absolute atomic E-state index is 0.557. The molecule has 5 nitrogen and oxygen atoms in total. The van der Waals surface area contributed by atoms with E-state index in [4.69, 9.17) is 5.73 Å². The van der Waals surface area contributed by atoms with Crippen molar-refractivity contribution in [3.8, 4) is 0 Å². The van der Waals surface area contributed by atoms with E-state index in [1.54, 1.807) is 17.2 Å². The van der Waals surface area contributed by atoms with Gasteiger partial charge in [0.15, 0.2) is 0 Å². The lowest BCUT2D eigenvalue weighted by molar-refractivity contribution is 0.249. The van der Waals surface area contributed by atoms with Crippen LogP contribution in [0.5, 0.6) is 0 Å². The SMILES string of the molecule is CCCSC(N)=S.NNC(N)=O. The molecule has 0 aliphatic rings. The lowest BCUT2D eigenvalue weighted by atomic mass is 10.6. The van der Waals surface area contributed by atoms with Gasteiger partial charge < -0.3 is 11.5 Å². The van der Waals surface area contributed by atoms with E-state index in [1.807, 2.05) is 0 Å². The molecular weight excluding hydrogens is 196 g/mol. The Morgan fingerprint density at radius 2 is 2.00 bits per heavy atom. The average Bonchev–Trinajstić information content (AvgIpc) is 2.02. The Morgan fingerprint density at radius 3 is 2.08 bits per heavy atom. The van der Waals surface area contributed by atoms with Crippen molar-refractivity contribution in [3.05, 3.63) is 0 Å². The fraction of sp³-hybridized carbons (Fsp3) is 0.600. The van der Waals surface area contributed by atoms with E-state index in [2.05, 4.69) is 30.7 Å². The molecule has 0 bridgehead atoms. The van der Waals surface area contributed by atoms with Gasteiger partial charge in [0.2, 0.25) is 0 Å². The molecule has 0 atom stereocenters. The first-order valence-corrected chi connectivity index (χ1v) is 4.62. The van der Waals surface area contributed by atoms with Crippen molar-refractivity contribution in [1.29, 1.82) is 0 Å². The lowest BCUT2D eigenvalue weighted by Crippen LogP contribution is -2.34. The molecule has 0 aromatic heterocycles. The summed E-state index contributed by atoms with van der Waals surface area (Å²) in [5.74, 6) is 5.50. The fourth-order valence-electron chi connectivity index (χ4n) is 0.203. The molecule has 0 unspecified atom stereocenters. The first-order chi connectivity index (χ1) is 5.54. The predicted molar refractivity (Wildman–Crippen MR) is 56.4 cm³/mol. The minimum atomic E-state index is -0.718. The van der Waals surface area contributed by atoms with Gasteiger partial charge in [-0.05, 0) is 12.2 Å². The van der Waals surface area contributed by atoms with E-state index in [0.29, 0.717) is 4.32 Å². The van der Waals surface area contributed by atoms with Crippen LogP contribution in [0.3, 0.4) is 0 Å². The van der Waals surface area contributed by atoms with Gasteiger partial charge in [0.25, 0.3) is 0 Å². The fourth-order valence-corrected chi connectivity index (χ4v) is 0.858. The van der Waals surface area contributed by atoms with Gasteiger partial charge in [-0.3, -0.25) is 5.43 Å². The van der Waals surface area contributed by atoms with E-state index >= 15 is 0 Å². The molecule has 0 aromatic carbocycles. The zero-order valence-corrected chi connectivity index (χ0v) is 8.50. The number of thioether (sulfide) groups is 1. The summed E-state index contributed by atoms with van der Waals surface area (Å²) in [4.78, 5) is 9.35. The van der Waals surface area contributed by atoms with Crippen molar-refractivity contribution in [3.63, 3.8) is 0 Å². The zero-order valence-electron chi connectivity index (χ0n) is 6.87. The highest BCUT2D eigenvalue weighted by Gasteiger charge is 1.84. The van der Waals surface area contributed by atoms with Crippen molar-refractivity contribution >= 4 is 34.3 Å². The molecule has 72 valence electrons. The van der Waals surface area contributed by atoms with Crippen molar-refractivity contribution < 1.29 is 4.79 Å². The zero-order chi connectivity index (χ0) is 9.98. The van der Waals surface area contributed by atoms with Crippen molar-refractivity contribution in [2.45, 2.75) is 13.3 Å². The summed E-state index contributed by atoms with van der Waals surface area (Å²) < 4.78 is 0.557. The standard InChI is InChI=1S/C4H9NS2.CH5N3O/c1-2-3-7-4(5)6;2-1(5)4-3/h2-3H2,1H3,(H2,5,6);3H2,(H3,2,4,5). The van der Waals surface area contributed by atoms with Gasteiger partial charge >= 0.3 is 6.03 Å². The number of amides is 2. The maximum atomic E-state index is 9.35. The first-order valence-electron chi connectivity index (χ1n) is 3.22. The molecule has 12 heavy (non-hydrogen) atoms. The summed E-state index contributed by atoms with van der Waals surface area (Å²) in [6, 6.07) is -0.718. The summed E-state index contributed by atoms with van der Waals surface area (Å²) in [7, 11) is 0. The number of hydrogen-bond acceptors (Lipinski definition) is 4. The molecule has 0 rings (SSSR count). The maximum Gasteiger partial charge on any atom is 0.326 e. The number of nitrogens with two attached hydrogens (primary N) is 3. The first kappa shape index (κ1) is 14.0. The highest BCUT2D eigenvalue weighted by Crippen LogP contribution is 1.99. The largest absolute Gasteiger partial charge is 0.385 e. The topological polar surface area (TPSA) is 107 Å². The number of rotatable bonds is 2. The number of hydrogen-bond donors (Lipinski definition) is 4. The molecule has 0 radical (unpaired) electrons. The van der Waals surface area contributed by atoms with Gasteiger partial charge in [0.05, 0.1) is 0 Å². The summed E-state index contributed by atoms with van der Waals surface area (Å²) in [5, 5.41) is 0. The summed E-state index contributed by atoms with van der Waals surface area (Å²) in [6.07, 6.45) is 1.14. The van der Waals surface area contributed by atoms with Crippen LogP contribution < -0.4 is 22.7 Å². The molecule has 0 aliphatic carbocycles. The molecular formula is C5H14N4OS2. The van der Waals surface area contributed by atoms with Crippen LogP contribution in [-0.2, 0) is 0 Å². The van der Waals surface area contributed by atoms with Crippen molar-refractivity contribution in [2.75, 3.05) is 5.75 Å². The maximum absolute atomic E-state index is 9.35. The number of carbonyl (C=O) groups is 1. The van der Waals surface area contributed by atoms with Crippen molar-refractivity contribution in [1.82, 2.24) is 5.43 Å². The molecule has 0 aromatic rings. The number of thiocarbonyl (C=S) groups is 1. The quantitative estimate of drug-likeness (QED) is 0.220. The smallest absolute Gasteiger partial charge is 0.326 e. The van der Waals surface area contributed by atoms with Crippen LogP contribution in [0.1, 0.15) is 13.3 Å². The van der Waals surface area contributed by atoms with E-state index in [0.717, 1.165) is 12.2 Å². The van der Waals surface area contributed by atoms with Gasteiger partial charge in [0, 0.05) is 0 Å². The van der Waals surface area contributed by atoms with E-state index in [1.165, 1.54) is 0 Å². The number of nitrogens with one attached hydrogen (secondary N) is 1. The number of hydrazine groups is 1. The molecule has 0 heterocycles. The Hall–Kier alpha value is -0.530. The molecule has 7 N–H and O–H groups in total. The van der Waals surface area contributed by atoms with Crippen molar-refractivity contribution in [2.24, 2.45) is 17.3 Å². The molecule has 0 spiro atoms. The Bertz CT molecular complexity index is 141. The second kappa shape index (κ2) is 10.5. The second-order valence-corrected chi connectivity index (χ2v) is 3.51. The number of urea groups is 1. The third-order valence-electron chi connectivity index (χ3n) is 0.591. The van der Waals surface area contributed by atoms with Crippen LogP contribution in [0.2, 0.25) is 0 Å². The minimum Gasteiger partial charge on any atom is -0.385 e. The molecule has 0 aliphatic heterocycles. The third-order valence-corrected chi connectivity index (χ3v) is 1.84. The molecule has 0 fully saturated rings. The number of primary amides is 1. The highest BCUT2D eigenvalue weighted by atomic mass is 32.2. The second-order valence-electron chi connectivity index (χ2n) is 1.68. The summed E-state index contributed by atoms with van der Waals surface area (Å²) in [6.45, 7) is 2.10. The summed E-state index contributed by atoms with van der Waals surface area (Å²) >= 11 is 6.14. The van der Waals surface area contributed by atoms with Gasteiger partial charge in [-0.1, -0.05) is 30.9 Å². The Labute approximate surface area is 81.4 Å². The number of carbonyl (C=O) groups excluding carboxylic acids is 1. The predicted octanol–water partition coefficient (Wildman–Crippen LogP) is -0.0984. The van der Waals surface area contributed by atoms with Crippen LogP contribution in [0.25, 0.3) is 0 Å². The monoisotopic (exact) mass is 210 g/mol. The van der Waals surface area contributed by atoms with Gasteiger partial charge in [-0.15, -0.1) is 0 Å². The normalized spacial score (nSPS) is 7.83. The van der Waals surface area contributed by atoms with Gasteiger partial charge in [-0.2, -0.15) is 0 Å². The van der Waals surface area contributed by atoms with Crippen LogP contribution in [0.15, 0.2) is 0 Å². The van der Waals surface area contributed by atoms with Gasteiger partial charge in [0.1, 0.15) is 4.32 Å². The van der Waals surface area contributed by atoms with E-state index < -0.39 is 6.03 Å². The van der Waals surface area contributed by atoms with Crippen LogP contribution in [-0.4, -0.2) is 16.1 Å². The Kier molecular flexibility index (Phi) is 12.2. The summed E-state index contributed by atoms with van der Waals surface area (Å²) in [5.41, 5.74) is 11.3. The lowest BCUT2D eigenvalue weighted by Gasteiger charge is -1.90. The van der Waals surface area contributed by atoms with Gasteiger partial charge in [-0.25, -0.2) is 10.6 Å². The van der Waals surface area contributed by atoms with E-state index in [9.17, 15) is 4.79 Å². The third kappa shape index (κ3) is 22.7. The van der Waals surface area contributed by atoms with E-state index in [-0.39, 0.29) is 0 Å². The van der Waals surface area contributed by atoms with Crippen LogP contribution in [0.4, 0.5) is 4.79 Å². The van der Waals surface area contributed by atoms with Crippen LogP contribution in [0, 0.1) is 0 Å². The highest BCUT2D eigenvalue weighted by molar-refractivity contribution is 8.22.